The topological polar surface area (TPSA) is 78.6 Å². The highest BCUT2D eigenvalue weighted by Gasteiger charge is 2.09. The molecule has 0 bridgehead atoms. The van der Waals surface area contributed by atoms with Gasteiger partial charge in [-0.3, -0.25) is 9.59 Å². The predicted octanol–water partition coefficient (Wildman–Crippen LogP) is 0.886. The fourth-order valence-electron chi connectivity index (χ4n) is 1.25. The molecule has 1 heterocycles. The lowest BCUT2D eigenvalue weighted by molar-refractivity contribution is -0.141. The molecule has 0 aliphatic rings. The number of carbonyl (C=O) groups is 2. The first-order valence-corrected chi connectivity index (χ1v) is 5.23. The molecule has 0 amide bonds. The summed E-state index contributed by atoms with van der Waals surface area (Å²) in [5, 5.41) is 3.79. The fourth-order valence-corrected chi connectivity index (χ4v) is 1.25. The molecule has 0 radical (unpaired) electrons. The highest BCUT2D eigenvalue weighted by atomic mass is 16.5. The van der Waals surface area contributed by atoms with Gasteiger partial charge in [0.1, 0.15) is 5.76 Å². The zero-order chi connectivity index (χ0) is 12.7. The van der Waals surface area contributed by atoms with Crippen molar-refractivity contribution in [2.75, 3.05) is 14.2 Å². The Kier molecular flexibility index (Phi) is 5.19. The van der Waals surface area contributed by atoms with Crippen molar-refractivity contribution in [2.24, 2.45) is 0 Å². The van der Waals surface area contributed by atoms with Crippen molar-refractivity contribution in [3.63, 3.8) is 0 Å². The molecule has 0 aromatic carbocycles. The van der Waals surface area contributed by atoms with E-state index in [2.05, 4.69) is 14.6 Å². The average Bonchev–Trinajstić information content (AvgIpc) is 2.80. The van der Waals surface area contributed by atoms with E-state index >= 15 is 0 Å². The number of rotatable bonds is 6. The maximum Gasteiger partial charge on any atom is 0.305 e. The second-order valence-corrected chi connectivity index (χ2v) is 3.44. The number of ether oxygens (including phenoxy) is 2. The third kappa shape index (κ3) is 4.67. The van der Waals surface area contributed by atoms with Crippen molar-refractivity contribution in [2.45, 2.75) is 25.7 Å². The van der Waals surface area contributed by atoms with E-state index in [9.17, 15) is 9.59 Å². The Morgan fingerprint density at radius 2 is 1.76 bits per heavy atom. The maximum absolute atomic E-state index is 10.9. The Labute approximate surface area is 98.9 Å². The van der Waals surface area contributed by atoms with Crippen LogP contribution in [0.5, 0.6) is 0 Å². The summed E-state index contributed by atoms with van der Waals surface area (Å²) in [6, 6.07) is 1.73. The average molecular weight is 241 g/mol. The molecular formula is C11H15NO5. The van der Waals surface area contributed by atoms with Crippen LogP contribution in [0.2, 0.25) is 0 Å². The Balaban J connectivity index is 2.37. The molecule has 6 nitrogen and oxygen atoms in total. The van der Waals surface area contributed by atoms with E-state index in [1.807, 2.05) is 0 Å². The SMILES string of the molecule is COC(=O)CCc1cc(CCC(=O)OC)on1. The van der Waals surface area contributed by atoms with Crippen LogP contribution >= 0.6 is 0 Å². The van der Waals surface area contributed by atoms with E-state index in [0.29, 0.717) is 24.3 Å². The molecule has 1 rings (SSSR count). The van der Waals surface area contributed by atoms with Crippen molar-refractivity contribution in [3.05, 3.63) is 17.5 Å². The predicted molar refractivity (Wildman–Crippen MR) is 57.2 cm³/mol. The second-order valence-electron chi connectivity index (χ2n) is 3.44. The fraction of sp³-hybridized carbons (Fsp3) is 0.545. The molecule has 1 aromatic heterocycles. The van der Waals surface area contributed by atoms with Gasteiger partial charge in [-0.2, -0.15) is 0 Å². The number of carbonyl (C=O) groups excluding carboxylic acids is 2. The molecule has 94 valence electrons. The standard InChI is InChI=1S/C11H15NO5/c1-15-10(13)5-3-8-7-9(17-12-8)4-6-11(14)16-2/h7H,3-6H2,1-2H3. The van der Waals surface area contributed by atoms with Crippen molar-refractivity contribution in [3.8, 4) is 0 Å². The molecule has 0 unspecified atom stereocenters. The van der Waals surface area contributed by atoms with E-state index in [-0.39, 0.29) is 24.8 Å². The van der Waals surface area contributed by atoms with Crippen LogP contribution in [0.3, 0.4) is 0 Å². The summed E-state index contributed by atoms with van der Waals surface area (Å²) in [5.41, 5.74) is 0.676. The number of methoxy groups -OCH3 is 2. The lowest BCUT2D eigenvalue weighted by atomic mass is 10.2. The summed E-state index contributed by atoms with van der Waals surface area (Å²) in [7, 11) is 2.68. The lowest BCUT2D eigenvalue weighted by Crippen LogP contribution is -2.02. The molecule has 0 atom stereocenters. The third-order valence-corrected chi connectivity index (χ3v) is 2.22. The first-order valence-electron chi connectivity index (χ1n) is 5.23. The summed E-state index contributed by atoms with van der Waals surface area (Å²) in [6.45, 7) is 0. The van der Waals surface area contributed by atoms with Gasteiger partial charge in [-0.05, 0) is 0 Å². The molecule has 0 aliphatic carbocycles. The van der Waals surface area contributed by atoms with Gasteiger partial charge in [0.2, 0.25) is 0 Å². The number of hydrogen-bond acceptors (Lipinski definition) is 6. The van der Waals surface area contributed by atoms with Gasteiger partial charge in [0, 0.05) is 18.9 Å². The quantitative estimate of drug-likeness (QED) is 0.688. The Bertz CT molecular complexity index is 350. The summed E-state index contributed by atoms with van der Waals surface area (Å²) in [6.07, 6.45) is 1.42. The van der Waals surface area contributed by atoms with Crippen LogP contribution in [0, 0.1) is 0 Å². The van der Waals surface area contributed by atoms with E-state index in [4.69, 9.17) is 4.52 Å². The third-order valence-electron chi connectivity index (χ3n) is 2.22. The van der Waals surface area contributed by atoms with E-state index in [1.165, 1.54) is 14.2 Å². The van der Waals surface area contributed by atoms with Gasteiger partial charge in [-0.15, -0.1) is 0 Å². The minimum atomic E-state index is -0.294. The van der Waals surface area contributed by atoms with Crippen LogP contribution in [0.4, 0.5) is 0 Å². The number of esters is 2. The van der Waals surface area contributed by atoms with Gasteiger partial charge in [-0.25, -0.2) is 0 Å². The van der Waals surface area contributed by atoms with E-state index in [0.717, 1.165) is 0 Å². The van der Waals surface area contributed by atoms with Crippen molar-refractivity contribution in [1.29, 1.82) is 0 Å². The molecule has 6 heteroatoms. The Morgan fingerprint density at radius 1 is 1.18 bits per heavy atom. The largest absolute Gasteiger partial charge is 0.469 e. The normalized spacial score (nSPS) is 10.0. The smallest absolute Gasteiger partial charge is 0.305 e. The first-order chi connectivity index (χ1) is 8.15. The second kappa shape index (κ2) is 6.67. The molecule has 0 saturated heterocycles. The Hall–Kier alpha value is -1.85. The van der Waals surface area contributed by atoms with Gasteiger partial charge in [0.05, 0.1) is 32.8 Å². The molecule has 1 aromatic rings. The van der Waals surface area contributed by atoms with Crippen LogP contribution in [-0.2, 0) is 31.9 Å². The van der Waals surface area contributed by atoms with Gasteiger partial charge in [0.25, 0.3) is 0 Å². The van der Waals surface area contributed by atoms with Crippen molar-refractivity contribution >= 4 is 11.9 Å². The molecule has 0 aliphatic heterocycles. The molecule has 17 heavy (non-hydrogen) atoms. The zero-order valence-electron chi connectivity index (χ0n) is 9.89. The summed E-state index contributed by atoms with van der Waals surface area (Å²) >= 11 is 0. The van der Waals surface area contributed by atoms with Gasteiger partial charge < -0.3 is 14.0 Å². The maximum atomic E-state index is 10.9. The molecule has 0 saturated carbocycles. The monoisotopic (exact) mass is 241 g/mol. The van der Waals surface area contributed by atoms with E-state index < -0.39 is 0 Å². The minimum Gasteiger partial charge on any atom is -0.469 e. The van der Waals surface area contributed by atoms with Crippen molar-refractivity contribution < 1.29 is 23.6 Å². The number of hydrogen-bond donors (Lipinski definition) is 0. The summed E-state index contributed by atoms with van der Waals surface area (Å²) in [4.78, 5) is 21.8. The zero-order valence-corrected chi connectivity index (χ0v) is 9.89. The van der Waals surface area contributed by atoms with Crippen molar-refractivity contribution in [1.82, 2.24) is 5.16 Å². The van der Waals surface area contributed by atoms with Crippen LogP contribution in [0.1, 0.15) is 24.3 Å². The number of aromatic nitrogens is 1. The summed E-state index contributed by atoms with van der Waals surface area (Å²) < 4.78 is 14.0. The minimum absolute atomic E-state index is 0.252. The first kappa shape index (κ1) is 13.2. The van der Waals surface area contributed by atoms with Gasteiger partial charge in [-0.1, -0.05) is 5.16 Å². The number of nitrogens with zero attached hydrogens (tertiary/aromatic N) is 1. The van der Waals surface area contributed by atoms with Crippen LogP contribution in [0.15, 0.2) is 10.6 Å². The molecule has 0 spiro atoms. The highest BCUT2D eigenvalue weighted by molar-refractivity contribution is 5.69. The molecule has 0 N–H and O–H groups in total. The van der Waals surface area contributed by atoms with Crippen LogP contribution in [0.25, 0.3) is 0 Å². The van der Waals surface area contributed by atoms with Crippen LogP contribution in [-0.4, -0.2) is 31.3 Å². The lowest BCUT2D eigenvalue weighted by Gasteiger charge is -1.95. The van der Waals surface area contributed by atoms with Gasteiger partial charge >= 0.3 is 11.9 Å². The highest BCUT2D eigenvalue weighted by Crippen LogP contribution is 2.09. The summed E-state index contributed by atoms with van der Waals surface area (Å²) in [5.74, 6) is 0.0249. The molecule has 0 fully saturated rings. The van der Waals surface area contributed by atoms with Crippen LogP contribution < -0.4 is 0 Å². The number of aryl methyl sites for hydroxylation is 2. The molecular weight excluding hydrogens is 226 g/mol. The Morgan fingerprint density at radius 3 is 2.35 bits per heavy atom. The van der Waals surface area contributed by atoms with Gasteiger partial charge in [0.15, 0.2) is 0 Å². The van der Waals surface area contributed by atoms with E-state index in [1.54, 1.807) is 6.07 Å².